The monoisotopic (exact) mass is 266 g/mol. The molecule has 0 unspecified atom stereocenters. The highest BCUT2D eigenvalue weighted by Gasteiger charge is 2.20. The summed E-state index contributed by atoms with van der Waals surface area (Å²) < 4.78 is 14.8. The van der Waals surface area contributed by atoms with Crippen molar-refractivity contribution in [2.24, 2.45) is 0 Å². The number of hydrogen-bond donors (Lipinski definition) is 1. The fourth-order valence-electron chi connectivity index (χ4n) is 1.71. The van der Waals surface area contributed by atoms with Gasteiger partial charge in [0.2, 0.25) is 0 Å². The molecule has 18 heavy (non-hydrogen) atoms. The molecule has 0 radical (unpaired) electrons. The molecule has 0 atom stereocenters. The van der Waals surface area contributed by atoms with E-state index in [1.165, 1.54) is 29.7 Å². The van der Waals surface area contributed by atoms with Crippen molar-refractivity contribution in [2.75, 3.05) is 0 Å². The van der Waals surface area contributed by atoms with Crippen LogP contribution in [0.3, 0.4) is 0 Å². The molecule has 1 saturated carbocycles. The van der Waals surface area contributed by atoms with Gasteiger partial charge in [-0.05, 0) is 31.0 Å². The van der Waals surface area contributed by atoms with Crippen molar-refractivity contribution in [3.8, 4) is 5.69 Å². The summed E-state index contributed by atoms with van der Waals surface area (Å²) in [6, 6.07) is 4.91. The third-order valence-electron chi connectivity index (χ3n) is 2.80. The summed E-state index contributed by atoms with van der Waals surface area (Å²) in [6.45, 7) is 0.688. The van der Waals surface area contributed by atoms with E-state index >= 15 is 0 Å². The van der Waals surface area contributed by atoms with Crippen molar-refractivity contribution in [1.29, 1.82) is 0 Å². The molecule has 4 nitrogen and oxygen atoms in total. The molecule has 3 rings (SSSR count). The maximum atomic E-state index is 13.2. The lowest BCUT2D eigenvalue weighted by atomic mass is 10.3. The smallest absolute Gasteiger partial charge is 0.126 e. The minimum atomic E-state index is -0.384. The van der Waals surface area contributed by atoms with Crippen LogP contribution in [-0.2, 0) is 6.54 Å². The molecule has 1 N–H and O–H groups in total. The van der Waals surface area contributed by atoms with E-state index in [-0.39, 0.29) is 5.82 Å². The van der Waals surface area contributed by atoms with Crippen LogP contribution in [0, 0.1) is 5.82 Å². The lowest BCUT2D eigenvalue weighted by molar-refractivity contribution is 0.625. The largest absolute Gasteiger partial charge is 0.308 e. The molecular formula is C12H12ClFN4. The van der Waals surface area contributed by atoms with E-state index in [9.17, 15) is 4.39 Å². The normalized spacial score (nSPS) is 15.0. The van der Waals surface area contributed by atoms with Crippen molar-refractivity contribution >= 4 is 11.6 Å². The van der Waals surface area contributed by atoms with E-state index in [0.717, 1.165) is 5.69 Å². The topological polar surface area (TPSA) is 42.7 Å². The summed E-state index contributed by atoms with van der Waals surface area (Å²) in [5, 5.41) is 11.7. The van der Waals surface area contributed by atoms with Gasteiger partial charge in [0.1, 0.15) is 5.82 Å². The molecule has 0 aliphatic heterocycles. The second-order valence-corrected chi connectivity index (χ2v) is 4.87. The van der Waals surface area contributed by atoms with Gasteiger partial charge in [0.05, 0.1) is 17.6 Å². The summed E-state index contributed by atoms with van der Waals surface area (Å²) in [7, 11) is 0. The third kappa shape index (κ3) is 2.68. The van der Waals surface area contributed by atoms with Crippen LogP contribution in [0.2, 0.25) is 5.02 Å². The van der Waals surface area contributed by atoms with Gasteiger partial charge in [-0.2, -0.15) is 0 Å². The summed E-state index contributed by atoms with van der Waals surface area (Å²) in [5.41, 5.74) is 1.41. The van der Waals surface area contributed by atoms with Gasteiger partial charge in [-0.25, -0.2) is 9.07 Å². The summed E-state index contributed by atoms with van der Waals surface area (Å²) in [4.78, 5) is 0. The van der Waals surface area contributed by atoms with E-state index in [2.05, 4.69) is 15.6 Å². The van der Waals surface area contributed by atoms with Gasteiger partial charge in [0.25, 0.3) is 0 Å². The van der Waals surface area contributed by atoms with Crippen LogP contribution in [0.15, 0.2) is 24.4 Å². The Kier molecular flexibility index (Phi) is 3.01. The Morgan fingerprint density at radius 3 is 2.94 bits per heavy atom. The fraction of sp³-hybridized carbons (Fsp3) is 0.333. The van der Waals surface area contributed by atoms with Gasteiger partial charge in [0, 0.05) is 17.6 Å². The Labute approximate surface area is 109 Å². The van der Waals surface area contributed by atoms with Crippen LogP contribution in [0.5, 0.6) is 0 Å². The SMILES string of the molecule is Fc1cc(Cl)cc(-n2cc(CNC3CC3)nn2)c1. The average Bonchev–Trinajstić information content (AvgIpc) is 3.02. The van der Waals surface area contributed by atoms with Crippen molar-refractivity contribution in [2.45, 2.75) is 25.4 Å². The number of nitrogens with zero attached hydrogens (tertiary/aromatic N) is 3. The van der Waals surface area contributed by atoms with Gasteiger partial charge in [-0.15, -0.1) is 5.10 Å². The Hall–Kier alpha value is -1.46. The first kappa shape index (κ1) is 11.6. The number of benzene rings is 1. The zero-order valence-electron chi connectivity index (χ0n) is 9.61. The van der Waals surface area contributed by atoms with Crippen LogP contribution >= 0.6 is 11.6 Å². The number of halogens is 2. The van der Waals surface area contributed by atoms with E-state index in [4.69, 9.17) is 11.6 Å². The number of rotatable bonds is 4. The molecule has 0 bridgehead atoms. The van der Waals surface area contributed by atoms with Crippen LogP contribution < -0.4 is 5.32 Å². The quantitative estimate of drug-likeness (QED) is 0.923. The number of hydrogen-bond acceptors (Lipinski definition) is 3. The molecular weight excluding hydrogens is 255 g/mol. The second-order valence-electron chi connectivity index (χ2n) is 4.44. The van der Waals surface area contributed by atoms with E-state index in [1.54, 1.807) is 12.3 Å². The lowest BCUT2D eigenvalue weighted by Gasteiger charge is -2.01. The molecule has 1 aliphatic carbocycles. The molecule has 1 heterocycles. The van der Waals surface area contributed by atoms with Crippen molar-refractivity contribution in [1.82, 2.24) is 20.3 Å². The molecule has 6 heteroatoms. The van der Waals surface area contributed by atoms with Gasteiger partial charge >= 0.3 is 0 Å². The molecule has 0 spiro atoms. The maximum Gasteiger partial charge on any atom is 0.126 e. The fourth-order valence-corrected chi connectivity index (χ4v) is 1.93. The highest BCUT2D eigenvalue weighted by atomic mass is 35.5. The Bertz CT molecular complexity index is 545. The maximum absolute atomic E-state index is 13.2. The van der Waals surface area contributed by atoms with Gasteiger partial charge < -0.3 is 5.32 Å². The summed E-state index contributed by atoms with van der Waals surface area (Å²) in [5.74, 6) is -0.384. The number of aromatic nitrogens is 3. The molecule has 1 aromatic carbocycles. The van der Waals surface area contributed by atoms with E-state index in [1.807, 2.05) is 0 Å². The van der Waals surface area contributed by atoms with Crippen LogP contribution in [0.4, 0.5) is 4.39 Å². The Morgan fingerprint density at radius 1 is 1.39 bits per heavy atom. The standard InChI is InChI=1S/C12H12ClFN4/c13-8-3-9(14)5-12(4-8)18-7-11(16-17-18)6-15-10-1-2-10/h3-5,7,10,15H,1-2,6H2. The van der Waals surface area contributed by atoms with Gasteiger partial charge in [-0.3, -0.25) is 0 Å². The third-order valence-corrected chi connectivity index (χ3v) is 3.02. The number of nitrogens with one attached hydrogen (secondary N) is 1. The minimum Gasteiger partial charge on any atom is -0.308 e. The minimum absolute atomic E-state index is 0.346. The van der Waals surface area contributed by atoms with Crippen molar-refractivity contribution in [3.05, 3.63) is 40.9 Å². The molecule has 2 aromatic rings. The molecule has 0 amide bonds. The first-order chi connectivity index (χ1) is 8.70. The molecule has 94 valence electrons. The Balaban J connectivity index is 1.78. The van der Waals surface area contributed by atoms with E-state index in [0.29, 0.717) is 23.3 Å². The van der Waals surface area contributed by atoms with Crippen LogP contribution in [0.25, 0.3) is 5.69 Å². The molecule has 1 fully saturated rings. The summed E-state index contributed by atoms with van der Waals surface area (Å²) >= 11 is 5.80. The molecule has 0 saturated heterocycles. The second kappa shape index (κ2) is 4.66. The van der Waals surface area contributed by atoms with Gasteiger partial charge in [-0.1, -0.05) is 16.8 Å². The molecule has 1 aliphatic rings. The zero-order chi connectivity index (χ0) is 12.5. The zero-order valence-corrected chi connectivity index (χ0v) is 10.4. The first-order valence-corrected chi connectivity index (χ1v) is 6.19. The predicted octanol–water partition coefficient (Wildman–Crippen LogP) is 2.31. The van der Waals surface area contributed by atoms with Gasteiger partial charge in [0.15, 0.2) is 0 Å². The highest BCUT2D eigenvalue weighted by molar-refractivity contribution is 6.30. The highest BCUT2D eigenvalue weighted by Crippen LogP contribution is 2.19. The Morgan fingerprint density at radius 2 is 2.22 bits per heavy atom. The average molecular weight is 267 g/mol. The first-order valence-electron chi connectivity index (χ1n) is 5.82. The molecule has 1 aromatic heterocycles. The van der Waals surface area contributed by atoms with Crippen LogP contribution in [0.1, 0.15) is 18.5 Å². The summed E-state index contributed by atoms with van der Waals surface area (Å²) in [6.07, 6.45) is 4.24. The van der Waals surface area contributed by atoms with E-state index < -0.39 is 0 Å². The predicted molar refractivity (Wildman–Crippen MR) is 66.2 cm³/mol. The van der Waals surface area contributed by atoms with Crippen LogP contribution in [-0.4, -0.2) is 21.0 Å². The van der Waals surface area contributed by atoms with Crippen molar-refractivity contribution < 1.29 is 4.39 Å². The lowest BCUT2D eigenvalue weighted by Crippen LogP contribution is -2.15. The van der Waals surface area contributed by atoms with Crippen molar-refractivity contribution in [3.63, 3.8) is 0 Å².